The number of hydrogen-bond donors (Lipinski definition) is 1. The van der Waals surface area contributed by atoms with Crippen LogP contribution in [0.3, 0.4) is 0 Å². The Hall–Kier alpha value is -2.50. The molecule has 1 aromatic heterocycles. The molecule has 5 nitrogen and oxygen atoms in total. The fourth-order valence-corrected chi connectivity index (χ4v) is 3.58. The zero-order valence-corrected chi connectivity index (χ0v) is 15.1. The summed E-state index contributed by atoms with van der Waals surface area (Å²) in [6, 6.07) is 16.2. The van der Waals surface area contributed by atoms with Crippen LogP contribution in [0.4, 0.5) is 5.82 Å². The molecule has 2 heterocycles. The average molecular weight is 349 g/mol. The molecule has 1 aliphatic rings. The molecule has 26 heavy (non-hydrogen) atoms. The minimum absolute atomic E-state index is 0.409. The van der Waals surface area contributed by atoms with Gasteiger partial charge in [0.25, 0.3) is 0 Å². The van der Waals surface area contributed by atoms with Crippen molar-refractivity contribution >= 4 is 16.6 Å². The van der Waals surface area contributed by atoms with Crippen molar-refractivity contribution in [2.45, 2.75) is 26.1 Å². The molecule has 0 amide bonds. The highest BCUT2D eigenvalue weighted by Crippen LogP contribution is 2.38. The third kappa shape index (κ3) is 3.04. The molecule has 1 N–H and O–H groups in total. The Bertz CT molecular complexity index is 930. The molecule has 0 radical (unpaired) electrons. The Labute approximate surface area is 153 Å². The second-order valence-electron chi connectivity index (χ2n) is 6.84. The zero-order chi connectivity index (χ0) is 18.1. The summed E-state index contributed by atoms with van der Waals surface area (Å²) >= 11 is 0. The number of anilines is 1. The van der Waals surface area contributed by atoms with Crippen LogP contribution in [0.25, 0.3) is 10.8 Å². The molecule has 2 aromatic carbocycles. The second kappa shape index (κ2) is 6.67. The van der Waals surface area contributed by atoms with Crippen molar-refractivity contribution in [1.29, 1.82) is 0 Å². The summed E-state index contributed by atoms with van der Waals surface area (Å²) in [5.41, 5.74) is 1.03. The monoisotopic (exact) mass is 349 g/mol. The first-order chi connectivity index (χ1) is 12.6. The molecule has 134 valence electrons. The molecule has 0 saturated carbocycles. The fraction of sp³-hybridized carbons (Fsp3) is 0.333. The van der Waals surface area contributed by atoms with Crippen LogP contribution in [0.2, 0.25) is 0 Å². The van der Waals surface area contributed by atoms with E-state index in [1.807, 2.05) is 44.2 Å². The largest absolute Gasteiger partial charge is 0.381 e. The van der Waals surface area contributed by atoms with Gasteiger partial charge in [0.2, 0.25) is 0 Å². The van der Waals surface area contributed by atoms with Crippen molar-refractivity contribution < 1.29 is 9.84 Å². The van der Waals surface area contributed by atoms with Crippen molar-refractivity contribution in [3.63, 3.8) is 0 Å². The number of nitrogens with zero attached hydrogens (tertiary/aromatic N) is 3. The number of aryl methyl sites for hydroxylation is 1. The lowest BCUT2D eigenvalue weighted by atomic mass is 9.83. The number of ether oxygens (including phenoxy) is 1. The molecule has 4 rings (SSSR count). The number of aromatic nitrogens is 2. The number of benzene rings is 2. The summed E-state index contributed by atoms with van der Waals surface area (Å²) in [7, 11) is 0. The summed E-state index contributed by atoms with van der Waals surface area (Å²) in [4.78, 5) is 11.1. The summed E-state index contributed by atoms with van der Waals surface area (Å²) in [6.07, 6.45) is 0. The smallest absolute Gasteiger partial charge is 0.156 e. The quantitative estimate of drug-likeness (QED) is 0.767. The van der Waals surface area contributed by atoms with Crippen LogP contribution in [-0.4, -0.2) is 34.8 Å². The number of rotatable bonds is 5. The molecule has 0 bridgehead atoms. The van der Waals surface area contributed by atoms with Gasteiger partial charge in [-0.2, -0.15) is 0 Å². The number of fused-ring (bicyclic) bond motifs is 1. The van der Waals surface area contributed by atoms with Crippen molar-refractivity contribution in [2.24, 2.45) is 0 Å². The fourth-order valence-electron chi connectivity index (χ4n) is 3.58. The molecule has 0 unspecified atom stereocenters. The van der Waals surface area contributed by atoms with Crippen LogP contribution < -0.4 is 4.90 Å². The van der Waals surface area contributed by atoms with Crippen molar-refractivity contribution in [3.05, 3.63) is 65.6 Å². The minimum atomic E-state index is -0.861. The lowest BCUT2D eigenvalue weighted by Crippen LogP contribution is -2.60. The predicted molar refractivity (Wildman–Crippen MR) is 102 cm³/mol. The van der Waals surface area contributed by atoms with Gasteiger partial charge in [0.15, 0.2) is 5.82 Å². The molecule has 5 heteroatoms. The molecular formula is C21H23N3O2. The van der Waals surface area contributed by atoms with Crippen LogP contribution in [0.1, 0.15) is 24.0 Å². The van der Waals surface area contributed by atoms with Gasteiger partial charge in [-0.1, -0.05) is 42.5 Å². The maximum atomic E-state index is 11.2. The molecule has 1 saturated heterocycles. The highest BCUT2D eigenvalue weighted by molar-refractivity contribution is 5.87. The van der Waals surface area contributed by atoms with Crippen molar-refractivity contribution in [1.82, 2.24) is 9.97 Å². The van der Waals surface area contributed by atoms with E-state index >= 15 is 0 Å². The molecule has 3 aromatic rings. The predicted octanol–water partition coefficient (Wildman–Crippen LogP) is 3.18. The topological polar surface area (TPSA) is 58.5 Å². The van der Waals surface area contributed by atoms with Gasteiger partial charge in [0, 0.05) is 18.4 Å². The van der Waals surface area contributed by atoms with E-state index in [4.69, 9.17) is 4.74 Å². The van der Waals surface area contributed by atoms with Crippen LogP contribution in [0.15, 0.2) is 48.5 Å². The van der Waals surface area contributed by atoms with E-state index < -0.39 is 5.60 Å². The maximum Gasteiger partial charge on any atom is 0.156 e. The van der Waals surface area contributed by atoms with Gasteiger partial charge in [0.05, 0.1) is 13.1 Å². The van der Waals surface area contributed by atoms with Crippen LogP contribution in [0, 0.1) is 6.92 Å². The van der Waals surface area contributed by atoms with Crippen molar-refractivity contribution in [3.8, 4) is 0 Å². The van der Waals surface area contributed by atoms with Gasteiger partial charge in [-0.25, -0.2) is 9.97 Å². The van der Waals surface area contributed by atoms with E-state index in [0.29, 0.717) is 32.1 Å². The third-order valence-electron chi connectivity index (χ3n) is 4.84. The number of β-amino-alcohol motifs (C(OH)–C–C–N with tert-alkyl or cyclic N) is 1. The van der Waals surface area contributed by atoms with Gasteiger partial charge in [-0.05, 0) is 30.2 Å². The molecular weight excluding hydrogens is 326 g/mol. The normalized spacial score (nSPS) is 15.9. The molecule has 1 aliphatic heterocycles. The first-order valence-corrected chi connectivity index (χ1v) is 8.97. The van der Waals surface area contributed by atoms with Gasteiger partial charge in [-0.3, -0.25) is 0 Å². The van der Waals surface area contributed by atoms with Gasteiger partial charge in [0.1, 0.15) is 18.0 Å². The summed E-state index contributed by atoms with van der Waals surface area (Å²) in [5, 5.41) is 13.4. The van der Waals surface area contributed by atoms with Crippen LogP contribution in [0.5, 0.6) is 0 Å². The minimum Gasteiger partial charge on any atom is -0.381 e. The van der Waals surface area contributed by atoms with Crippen LogP contribution in [-0.2, 0) is 16.9 Å². The molecule has 0 aliphatic carbocycles. The third-order valence-corrected chi connectivity index (χ3v) is 4.84. The Morgan fingerprint density at radius 2 is 1.88 bits per heavy atom. The first-order valence-electron chi connectivity index (χ1n) is 8.97. The highest BCUT2D eigenvalue weighted by atomic mass is 16.5. The first kappa shape index (κ1) is 16.9. The zero-order valence-electron chi connectivity index (χ0n) is 15.1. The number of hydrogen-bond acceptors (Lipinski definition) is 5. The van der Waals surface area contributed by atoms with E-state index in [-0.39, 0.29) is 0 Å². The summed E-state index contributed by atoms with van der Waals surface area (Å²) in [6.45, 7) is 5.99. The van der Waals surface area contributed by atoms with E-state index in [0.717, 1.165) is 27.8 Å². The Morgan fingerprint density at radius 1 is 1.12 bits per heavy atom. The number of aliphatic hydroxyl groups is 1. The molecule has 0 spiro atoms. The highest BCUT2D eigenvalue weighted by Gasteiger charge is 2.44. The SMILES string of the molecule is CCOCc1nc(C)cc(N2CC(O)(c3cccc4ccccc34)C2)n1. The lowest BCUT2D eigenvalue weighted by Gasteiger charge is -2.48. The molecule has 0 atom stereocenters. The van der Waals surface area contributed by atoms with Gasteiger partial charge >= 0.3 is 0 Å². The van der Waals surface area contributed by atoms with Gasteiger partial charge < -0.3 is 14.7 Å². The summed E-state index contributed by atoms with van der Waals surface area (Å²) in [5.74, 6) is 1.53. The van der Waals surface area contributed by atoms with E-state index in [1.165, 1.54) is 0 Å². The Balaban J connectivity index is 1.58. The lowest BCUT2D eigenvalue weighted by molar-refractivity contribution is 0.00838. The summed E-state index contributed by atoms with van der Waals surface area (Å²) < 4.78 is 5.43. The Morgan fingerprint density at radius 3 is 2.69 bits per heavy atom. The standard InChI is InChI=1S/C21H23N3O2/c1-3-26-12-19-22-15(2)11-20(23-19)24-13-21(25,14-24)18-10-6-8-16-7-4-5-9-17(16)18/h4-11,25H,3,12-14H2,1-2H3. The second-order valence-corrected chi connectivity index (χ2v) is 6.84. The van der Waals surface area contributed by atoms with E-state index in [9.17, 15) is 5.11 Å². The average Bonchev–Trinajstić information content (AvgIpc) is 2.63. The van der Waals surface area contributed by atoms with E-state index in [1.54, 1.807) is 0 Å². The van der Waals surface area contributed by atoms with Crippen molar-refractivity contribution in [2.75, 3.05) is 24.6 Å². The van der Waals surface area contributed by atoms with Gasteiger partial charge in [-0.15, -0.1) is 0 Å². The maximum absolute atomic E-state index is 11.2. The molecule has 1 fully saturated rings. The van der Waals surface area contributed by atoms with Crippen LogP contribution >= 0.6 is 0 Å². The Kier molecular flexibility index (Phi) is 4.34. The van der Waals surface area contributed by atoms with E-state index in [2.05, 4.69) is 33.1 Å².